The second-order valence-corrected chi connectivity index (χ2v) is 7.63. The van der Waals surface area contributed by atoms with E-state index in [9.17, 15) is 26.4 Å². The van der Waals surface area contributed by atoms with Crippen molar-refractivity contribution in [3.63, 3.8) is 0 Å². The Bertz CT molecular complexity index is 1080. The van der Waals surface area contributed by atoms with E-state index < -0.39 is 26.1 Å². The van der Waals surface area contributed by atoms with Gasteiger partial charge in [-0.25, -0.2) is 8.42 Å². The van der Waals surface area contributed by atoms with Crippen LogP contribution in [0.25, 0.3) is 0 Å². The van der Waals surface area contributed by atoms with Gasteiger partial charge in [0.1, 0.15) is 0 Å². The molecule has 146 valence electrons. The second-order valence-electron chi connectivity index (χ2n) is 5.69. The molecule has 3 rings (SSSR count). The Hall–Kier alpha value is -3.21. The number of hydrogen-bond acceptors (Lipinski definition) is 5. The Morgan fingerprint density at radius 1 is 1.11 bits per heavy atom. The summed E-state index contributed by atoms with van der Waals surface area (Å²) in [4.78, 5) is 15.3. The van der Waals surface area contributed by atoms with E-state index in [1.165, 1.54) is 0 Å². The first-order valence-corrected chi connectivity index (χ1v) is 9.30. The smallest absolute Gasteiger partial charge is 0.305 e. The molecule has 0 aliphatic carbocycles. The fraction of sp³-hybridized carbons (Fsp3) is 0.118. The summed E-state index contributed by atoms with van der Waals surface area (Å²) in [6, 6.07) is 8.67. The summed E-state index contributed by atoms with van der Waals surface area (Å²) >= 11 is 0. The lowest BCUT2D eigenvalue weighted by Crippen LogP contribution is -2.23. The number of halogens is 3. The largest absolute Gasteiger partial charge is 0.501 e. The van der Waals surface area contributed by atoms with Crippen LogP contribution >= 0.6 is 0 Å². The molecule has 0 fully saturated rings. The third-order valence-corrected chi connectivity index (χ3v) is 5.18. The van der Waals surface area contributed by atoms with Gasteiger partial charge in [-0.1, -0.05) is 6.07 Å². The van der Waals surface area contributed by atoms with E-state index in [0.29, 0.717) is 6.54 Å². The predicted molar refractivity (Wildman–Crippen MR) is 93.2 cm³/mol. The molecule has 0 saturated heterocycles. The molecular weight excluding hydrogens is 397 g/mol. The summed E-state index contributed by atoms with van der Waals surface area (Å²) in [7, 11) is -5.46. The van der Waals surface area contributed by atoms with Gasteiger partial charge in [0, 0.05) is 30.2 Å². The van der Waals surface area contributed by atoms with Gasteiger partial charge >= 0.3 is 5.51 Å². The first-order valence-electron chi connectivity index (χ1n) is 7.82. The summed E-state index contributed by atoms with van der Waals surface area (Å²) in [6.07, 6.45) is 4.96. The Labute approximate surface area is 157 Å². The fourth-order valence-corrected chi connectivity index (χ4v) is 3.06. The minimum atomic E-state index is -5.46. The Morgan fingerprint density at radius 2 is 1.82 bits per heavy atom. The molecule has 2 aromatic heterocycles. The fourth-order valence-electron chi connectivity index (χ4n) is 2.30. The zero-order chi connectivity index (χ0) is 20.4. The van der Waals surface area contributed by atoms with Crippen molar-refractivity contribution in [3.8, 4) is 0 Å². The molecular formula is C17H13F3N4O3S. The molecule has 0 aliphatic heterocycles. The van der Waals surface area contributed by atoms with E-state index >= 15 is 0 Å². The lowest BCUT2D eigenvalue weighted by atomic mass is 10.2. The number of pyridine rings is 1. The summed E-state index contributed by atoms with van der Waals surface area (Å²) < 4.78 is 61.9. The molecule has 1 N–H and O–H groups in total. The zero-order valence-electron chi connectivity index (χ0n) is 14.1. The highest BCUT2D eigenvalue weighted by Crippen LogP contribution is 2.30. The maximum absolute atomic E-state index is 12.5. The third kappa shape index (κ3) is 4.19. The molecule has 0 spiro atoms. The first-order chi connectivity index (χ1) is 13.2. The molecule has 0 bridgehead atoms. The number of benzene rings is 1. The maximum Gasteiger partial charge on any atom is 0.501 e. The van der Waals surface area contributed by atoms with Crippen LogP contribution in [0.3, 0.4) is 0 Å². The van der Waals surface area contributed by atoms with Crippen molar-refractivity contribution in [2.45, 2.75) is 16.9 Å². The monoisotopic (exact) mass is 410 g/mol. The molecule has 0 atom stereocenters. The Morgan fingerprint density at radius 3 is 2.43 bits per heavy atom. The topological polar surface area (TPSA) is 93.9 Å². The summed E-state index contributed by atoms with van der Waals surface area (Å²) in [5.41, 5.74) is -4.51. The molecule has 0 unspecified atom stereocenters. The van der Waals surface area contributed by atoms with E-state index in [0.717, 1.165) is 29.8 Å². The molecule has 7 nitrogen and oxygen atoms in total. The van der Waals surface area contributed by atoms with Gasteiger partial charge in [0.05, 0.1) is 11.4 Å². The van der Waals surface area contributed by atoms with Crippen molar-refractivity contribution in [3.05, 3.63) is 72.2 Å². The second kappa shape index (κ2) is 7.43. The molecule has 0 aliphatic rings. The number of nitrogens with zero attached hydrogens (tertiary/aromatic N) is 3. The number of hydrogen-bond donors (Lipinski definition) is 1. The number of aromatic nitrogens is 3. The van der Waals surface area contributed by atoms with Crippen molar-refractivity contribution >= 4 is 21.6 Å². The number of nitrogens with one attached hydrogen (secondary N) is 1. The highest BCUT2D eigenvalue weighted by atomic mass is 32.2. The molecule has 1 aromatic carbocycles. The lowest BCUT2D eigenvalue weighted by molar-refractivity contribution is -0.0436. The molecule has 11 heteroatoms. The standard InChI is InChI=1S/C17H13F3N4O3S/c18-17(19,20)28(26,27)14-5-3-13(4-6-14)16(25)22-15-7-9-24(23-15)11-12-2-1-8-21-10-12/h1-10H,11H2,(H,22,23,25). The number of alkyl halides is 3. The number of rotatable bonds is 5. The van der Waals surface area contributed by atoms with E-state index in [1.807, 2.05) is 6.07 Å². The number of carbonyl (C=O) groups excluding carboxylic acids is 1. The van der Waals surface area contributed by atoms with E-state index in [-0.39, 0.29) is 11.4 Å². The molecule has 3 aromatic rings. The van der Waals surface area contributed by atoms with Gasteiger partial charge in [-0.05, 0) is 35.9 Å². The summed E-state index contributed by atoms with van der Waals surface area (Å²) in [5, 5.41) is 6.67. The SMILES string of the molecule is O=C(Nc1ccn(Cc2cccnc2)n1)c1ccc(S(=O)(=O)C(F)(F)F)cc1. The summed E-state index contributed by atoms with van der Waals surface area (Å²) in [6.45, 7) is 0.438. The maximum atomic E-state index is 12.5. The van der Waals surface area contributed by atoms with Crippen LogP contribution in [0.1, 0.15) is 15.9 Å². The van der Waals surface area contributed by atoms with Gasteiger partial charge in [-0.15, -0.1) is 0 Å². The average Bonchev–Trinajstić information content (AvgIpc) is 3.08. The summed E-state index contributed by atoms with van der Waals surface area (Å²) in [5.74, 6) is -0.400. The van der Waals surface area contributed by atoms with Crippen molar-refractivity contribution in [2.75, 3.05) is 5.32 Å². The van der Waals surface area contributed by atoms with Gasteiger partial charge in [0.15, 0.2) is 5.82 Å². The Kier molecular flexibility index (Phi) is 5.18. The van der Waals surface area contributed by atoms with Gasteiger partial charge < -0.3 is 5.32 Å². The van der Waals surface area contributed by atoms with E-state index in [1.54, 1.807) is 35.4 Å². The molecule has 28 heavy (non-hydrogen) atoms. The van der Waals surface area contributed by atoms with Gasteiger partial charge in [-0.2, -0.15) is 18.3 Å². The number of amides is 1. The van der Waals surface area contributed by atoms with Crippen molar-refractivity contribution in [1.82, 2.24) is 14.8 Å². The first kappa shape index (κ1) is 19.5. The van der Waals surface area contributed by atoms with Crippen LogP contribution in [0.5, 0.6) is 0 Å². The molecule has 0 saturated carbocycles. The number of sulfone groups is 1. The highest BCUT2D eigenvalue weighted by molar-refractivity contribution is 7.92. The Balaban J connectivity index is 1.69. The molecule has 2 heterocycles. The minimum Gasteiger partial charge on any atom is -0.305 e. The minimum absolute atomic E-state index is 0.0112. The van der Waals surface area contributed by atoms with Gasteiger partial charge in [0.2, 0.25) is 0 Å². The normalized spacial score (nSPS) is 12.0. The van der Waals surface area contributed by atoms with Crippen LogP contribution in [0.15, 0.2) is 66.0 Å². The van der Waals surface area contributed by atoms with Crippen molar-refractivity contribution in [2.24, 2.45) is 0 Å². The van der Waals surface area contributed by atoms with Crippen LogP contribution in [0.4, 0.5) is 19.0 Å². The van der Waals surface area contributed by atoms with E-state index in [2.05, 4.69) is 15.4 Å². The van der Waals surface area contributed by atoms with Crippen LogP contribution in [-0.2, 0) is 16.4 Å². The zero-order valence-corrected chi connectivity index (χ0v) is 14.9. The van der Waals surface area contributed by atoms with E-state index in [4.69, 9.17) is 0 Å². The average molecular weight is 410 g/mol. The number of carbonyl (C=O) groups is 1. The van der Waals surface area contributed by atoms with Crippen molar-refractivity contribution in [1.29, 1.82) is 0 Å². The number of anilines is 1. The van der Waals surface area contributed by atoms with Crippen molar-refractivity contribution < 1.29 is 26.4 Å². The van der Waals surface area contributed by atoms with Gasteiger partial charge in [0.25, 0.3) is 15.7 Å². The predicted octanol–water partition coefficient (Wildman–Crippen LogP) is 2.87. The quantitative estimate of drug-likeness (QED) is 0.698. The van der Waals surface area contributed by atoms with Crippen LogP contribution in [0, 0.1) is 0 Å². The van der Waals surface area contributed by atoms with Crippen LogP contribution in [0.2, 0.25) is 0 Å². The molecule has 0 radical (unpaired) electrons. The van der Waals surface area contributed by atoms with Crippen LogP contribution < -0.4 is 5.32 Å². The highest BCUT2D eigenvalue weighted by Gasteiger charge is 2.46. The third-order valence-electron chi connectivity index (χ3n) is 3.68. The molecule has 1 amide bonds. The lowest BCUT2D eigenvalue weighted by Gasteiger charge is -2.08. The van der Waals surface area contributed by atoms with Gasteiger partial charge in [-0.3, -0.25) is 14.5 Å². The van der Waals surface area contributed by atoms with Crippen LogP contribution in [-0.4, -0.2) is 34.6 Å².